The van der Waals surface area contributed by atoms with Crippen molar-refractivity contribution in [2.75, 3.05) is 7.05 Å². The molecule has 0 saturated heterocycles. The summed E-state index contributed by atoms with van der Waals surface area (Å²) >= 11 is 3.20. The first-order valence-electron chi connectivity index (χ1n) is 6.84. The molecule has 0 atom stereocenters. The molecule has 2 aromatic heterocycles. The molecule has 0 bridgehead atoms. The van der Waals surface area contributed by atoms with Crippen LogP contribution in [0.25, 0.3) is 11.0 Å². The number of carboxylic acid groups (broad SMARTS) is 1. The van der Waals surface area contributed by atoms with Crippen LogP contribution in [0.15, 0.2) is 56.7 Å². The topological polar surface area (TPSA) is 92.8 Å². The van der Waals surface area contributed by atoms with Crippen molar-refractivity contribution in [2.24, 2.45) is 0 Å². The molecule has 0 aliphatic heterocycles. The summed E-state index contributed by atoms with van der Waals surface area (Å²) in [5.41, 5.74) is 1.01. The lowest BCUT2D eigenvalue weighted by Gasteiger charge is -2.10. The number of furan rings is 1. The first-order valence-corrected chi connectivity index (χ1v) is 9.07. The van der Waals surface area contributed by atoms with E-state index < -0.39 is 16.1 Å². The standard InChI is InChI=1S/C15H13BrN2O5S/c1-17(15(19)20)8-10-6-13(16)18(9-10)24(21,22)14-7-11-4-2-3-5-12(11)23-14/h2-7,9H,8H2,1H3,(H,19,20). The third kappa shape index (κ3) is 2.92. The molecular weight excluding hydrogens is 400 g/mol. The number of benzene rings is 1. The Bertz CT molecular complexity index is 989. The monoisotopic (exact) mass is 412 g/mol. The van der Waals surface area contributed by atoms with E-state index in [-0.39, 0.29) is 16.2 Å². The zero-order valence-electron chi connectivity index (χ0n) is 12.5. The summed E-state index contributed by atoms with van der Waals surface area (Å²) in [7, 11) is -2.53. The quantitative estimate of drug-likeness (QED) is 0.708. The summed E-state index contributed by atoms with van der Waals surface area (Å²) in [6.45, 7) is 0.0661. The second-order valence-corrected chi connectivity index (χ2v) is 7.77. The van der Waals surface area contributed by atoms with Crippen molar-refractivity contribution >= 4 is 43.0 Å². The van der Waals surface area contributed by atoms with Crippen LogP contribution in [-0.4, -0.2) is 35.5 Å². The van der Waals surface area contributed by atoms with E-state index in [4.69, 9.17) is 9.52 Å². The Hall–Kier alpha value is -2.26. The van der Waals surface area contributed by atoms with Crippen molar-refractivity contribution in [3.8, 4) is 0 Å². The minimum atomic E-state index is -3.93. The highest BCUT2D eigenvalue weighted by molar-refractivity contribution is 9.10. The van der Waals surface area contributed by atoms with Gasteiger partial charge in [-0.05, 0) is 33.6 Å². The average Bonchev–Trinajstić information content (AvgIpc) is 3.11. The second-order valence-electron chi connectivity index (χ2n) is 5.21. The lowest BCUT2D eigenvalue weighted by atomic mass is 10.3. The van der Waals surface area contributed by atoms with Crippen LogP contribution in [0.4, 0.5) is 4.79 Å². The van der Waals surface area contributed by atoms with Gasteiger partial charge in [-0.2, -0.15) is 8.42 Å². The Balaban J connectivity index is 2.00. The van der Waals surface area contributed by atoms with Crippen LogP contribution in [0.5, 0.6) is 0 Å². The molecule has 7 nitrogen and oxygen atoms in total. The first kappa shape index (κ1) is 16.6. The summed E-state index contributed by atoms with van der Waals surface area (Å²) < 4.78 is 32.3. The second kappa shape index (κ2) is 5.99. The van der Waals surface area contributed by atoms with Crippen molar-refractivity contribution in [3.05, 3.63) is 52.8 Å². The highest BCUT2D eigenvalue weighted by atomic mass is 79.9. The highest BCUT2D eigenvalue weighted by Crippen LogP contribution is 2.27. The molecule has 0 radical (unpaired) electrons. The van der Waals surface area contributed by atoms with Crippen LogP contribution in [0, 0.1) is 0 Å². The maximum absolute atomic E-state index is 12.8. The van der Waals surface area contributed by atoms with Crippen molar-refractivity contribution in [3.63, 3.8) is 0 Å². The molecule has 0 spiro atoms. The third-order valence-corrected chi connectivity index (χ3v) is 5.84. The molecule has 0 aliphatic carbocycles. The number of hydrogen-bond acceptors (Lipinski definition) is 4. The maximum Gasteiger partial charge on any atom is 0.407 e. The van der Waals surface area contributed by atoms with Gasteiger partial charge in [-0.15, -0.1) is 0 Å². The highest BCUT2D eigenvalue weighted by Gasteiger charge is 2.24. The van der Waals surface area contributed by atoms with Crippen LogP contribution in [0.3, 0.4) is 0 Å². The molecule has 0 aliphatic rings. The van der Waals surface area contributed by atoms with Gasteiger partial charge in [0.2, 0.25) is 5.09 Å². The molecule has 3 aromatic rings. The van der Waals surface area contributed by atoms with Gasteiger partial charge in [0.25, 0.3) is 0 Å². The minimum absolute atomic E-state index is 0.0661. The van der Waals surface area contributed by atoms with E-state index in [1.165, 1.54) is 19.3 Å². The van der Waals surface area contributed by atoms with Gasteiger partial charge in [-0.3, -0.25) is 0 Å². The number of rotatable bonds is 4. The Kier molecular flexibility index (Phi) is 4.14. The normalized spacial score (nSPS) is 11.8. The van der Waals surface area contributed by atoms with E-state index >= 15 is 0 Å². The molecule has 24 heavy (non-hydrogen) atoms. The summed E-state index contributed by atoms with van der Waals surface area (Å²) in [6.07, 6.45) is 0.269. The summed E-state index contributed by atoms with van der Waals surface area (Å²) in [6, 6.07) is 10.0. The number of halogens is 1. The van der Waals surface area contributed by atoms with Gasteiger partial charge in [-0.1, -0.05) is 18.2 Å². The maximum atomic E-state index is 12.8. The van der Waals surface area contributed by atoms with E-state index in [9.17, 15) is 13.2 Å². The molecule has 126 valence electrons. The molecule has 1 N–H and O–H groups in total. The zero-order chi connectivity index (χ0) is 17.5. The molecule has 1 amide bonds. The number of para-hydroxylation sites is 1. The zero-order valence-corrected chi connectivity index (χ0v) is 14.9. The Labute approximate surface area is 146 Å². The SMILES string of the molecule is CN(Cc1cc(Br)n(S(=O)(=O)c2cc3ccccc3o2)c1)C(=O)O. The molecule has 0 saturated carbocycles. The van der Waals surface area contributed by atoms with Crippen LogP contribution in [0.1, 0.15) is 5.56 Å². The number of amides is 1. The van der Waals surface area contributed by atoms with Gasteiger partial charge in [0.1, 0.15) is 10.2 Å². The van der Waals surface area contributed by atoms with E-state index in [1.54, 1.807) is 30.3 Å². The number of hydrogen-bond donors (Lipinski definition) is 1. The lowest BCUT2D eigenvalue weighted by molar-refractivity contribution is 0.154. The van der Waals surface area contributed by atoms with Crippen molar-refractivity contribution in [2.45, 2.75) is 11.6 Å². The summed E-state index contributed by atoms with van der Waals surface area (Å²) in [5, 5.41) is 9.42. The Morgan fingerprint density at radius 1 is 1.33 bits per heavy atom. The van der Waals surface area contributed by atoms with E-state index in [0.29, 0.717) is 16.5 Å². The number of aromatic nitrogens is 1. The molecule has 2 heterocycles. The molecule has 3 rings (SSSR count). The lowest BCUT2D eigenvalue weighted by Crippen LogP contribution is -2.23. The molecule has 0 fully saturated rings. The Morgan fingerprint density at radius 3 is 2.71 bits per heavy atom. The van der Waals surface area contributed by atoms with Crippen LogP contribution < -0.4 is 0 Å². The number of nitrogens with zero attached hydrogens (tertiary/aromatic N) is 2. The van der Waals surface area contributed by atoms with Gasteiger partial charge in [0.05, 0.1) is 6.54 Å². The van der Waals surface area contributed by atoms with Gasteiger partial charge < -0.3 is 14.4 Å². The average molecular weight is 413 g/mol. The number of carbonyl (C=O) groups is 1. The number of fused-ring (bicyclic) bond motifs is 1. The minimum Gasteiger partial charge on any atom is -0.465 e. The van der Waals surface area contributed by atoms with Gasteiger partial charge in [0, 0.05) is 24.7 Å². The van der Waals surface area contributed by atoms with Crippen LogP contribution in [-0.2, 0) is 16.6 Å². The van der Waals surface area contributed by atoms with E-state index in [0.717, 1.165) is 8.87 Å². The van der Waals surface area contributed by atoms with Crippen molar-refractivity contribution in [1.29, 1.82) is 0 Å². The Morgan fingerprint density at radius 2 is 2.04 bits per heavy atom. The van der Waals surface area contributed by atoms with Crippen molar-refractivity contribution < 1.29 is 22.7 Å². The first-order chi connectivity index (χ1) is 11.3. The summed E-state index contributed by atoms with van der Waals surface area (Å²) in [4.78, 5) is 11.9. The van der Waals surface area contributed by atoms with Crippen molar-refractivity contribution in [1.82, 2.24) is 8.87 Å². The fourth-order valence-corrected chi connectivity index (χ4v) is 4.45. The molecule has 1 aromatic carbocycles. The van der Waals surface area contributed by atoms with E-state index in [2.05, 4.69) is 15.9 Å². The molecule has 0 unspecified atom stereocenters. The van der Waals surface area contributed by atoms with Gasteiger partial charge in [-0.25, -0.2) is 8.77 Å². The fraction of sp³-hybridized carbons (Fsp3) is 0.133. The smallest absolute Gasteiger partial charge is 0.407 e. The van der Waals surface area contributed by atoms with Gasteiger partial charge >= 0.3 is 16.1 Å². The van der Waals surface area contributed by atoms with Crippen LogP contribution >= 0.6 is 15.9 Å². The predicted octanol–water partition coefficient (Wildman–Crippen LogP) is 3.34. The largest absolute Gasteiger partial charge is 0.465 e. The predicted molar refractivity (Wildman–Crippen MR) is 90.4 cm³/mol. The molecular formula is C15H13BrN2O5S. The van der Waals surface area contributed by atoms with E-state index in [1.807, 2.05) is 0 Å². The van der Waals surface area contributed by atoms with Crippen LogP contribution in [0.2, 0.25) is 0 Å². The third-order valence-electron chi connectivity index (χ3n) is 3.46. The summed E-state index contributed by atoms with van der Waals surface area (Å²) in [5.74, 6) is 0. The molecule has 9 heteroatoms. The fourth-order valence-electron chi connectivity index (χ4n) is 2.26. The van der Waals surface area contributed by atoms with Gasteiger partial charge in [0.15, 0.2) is 0 Å².